The minimum absolute atomic E-state index is 0.191. The molecule has 0 unspecified atom stereocenters. The molecule has 25 heavy (non-hydrogen) atoms. The van der Waals surface area contributed by atoms with Gasteiger partial charge in [0.05, 0.1) is 12.1 Å². The van der Waals surface area contributed by atoms with Crippen molar-refractivity contribution in [3.63, 3.8) is 0 Å². The van der Waals surface area contributed by atoms with Crippen molar-refractivity contribution in [2.75, 3.05) is 11.9 Å². The van der Waals surface area contributed by atoms with Crippen LogP contribution in [-0.2, 0) is 19.0 Å². The van der Waals surface area contributed by atoms with Crippen LogP contribution in [0.2, 0.25) is 0 Å². The molecule has 3 N–H and O–H groups in total. The summed E-state index contributed by atoms with van der Waals surface area (Å²) >= 11 is 0. The highest BCUT2D eigenvalue weighted by atomic mass is 16.3. The molecule has 3 rings (SSSR count). The second-order valence-corrected chi connectivity index (χ2v) is 6.62. The van der Waals surface area contributed by atoms with Crippen molar-refractivity contribution in [2.45, 2.75) is 31.7 Å². The summed E-state index contributed by atoms with van der Waals surface area (Å²) in [5.41, 5.74) is 1.93. The zero-order chi connectivity index (χ0) is 18.0. The molecule has 0 saturated heterocycles. The topological polar surface area (TPSA) is 83.4 Å². The number of aryl methyl sites for hydroxylation is 3. The molecule has 2 amide bonds. The van der Waals surface area contributed by atoms with E-state index in [1.807, 2.05) is 24.3 Å². The summed E-state index contributed by atoms with van der Waals surface area (Å²) in [4.78, 5) is 24.8. The molecule has 1 aliphatic rings. The van der Waals surface area contributed by atoms with E-state index in [0.29, 0.717) is 12.0 Å². The summed E-state index contributed by atoms with van der Waals surface area (Å²) in [5.74, 6) is 0. The van der Waals surface area contributed by atoms with Crippen molar-refractivity contribution >= 4 is 11.7 Å². The van der Waals surface area contributed by atoms with Crippen molar-refractivity contribution in [3.8, 4) is 0 Å². The molecule has 1 aliphatic carbocycles. The molecule has 6 heteroatoms. The lowest BCUT2D eigenvalue weighted by atomic mass is 9.77. The number of aliphatic hydroxyl groups excluding tert-OH is 1. The number of nitrogens with zero attached hydrogens (tertiary/aromatic N) is 1. The molecular formula is C19H23N3O3. The number of hydrogen-bond acceptors (Lipinski definition) is 3. The van der Waals surface area contributed by atoms with Crippen LogP contribution in [0, 0.1) is 6.92 Å². The summed E-state index contributed by atoms with van der Waals surface area (Å²) in [5, 5.41) is 15.6. The first-order chi connectivity index (χ1) is 12.0. The molecule has 1 atom stereocenters. The maximum atomic E-state index is 12.6. The maximum Gasteiger partial charge on any atom is 0.320 e. The van der Waals surface area contributed by atoms with Gasteiger partial charge in [0.25, 0.3) is 5.56 Å². The lowest BCUT2D eigenvalue weighted by Gasteiger charge is -2.38. The number of fused-ring (bicyclic) bond motifs is 1. The molecule has 0 bridgehead atoms. The van der Waals surface area contributed by atoms with Gasteiger partial charge < -0.3 is 20.3 Å². The summed E-state index contributed by atoms with van der Waals surface area (Å²) in [6, 6.07) is 9.12. The Morgan fingerprint density at radius 2 is 2.08 bits per heavy atom. The Hall–Kier alpha value is -2.60. The number of aliphatic hydroxyl groups is 1. The normalized spacial score (nSPS) is 19.2. The molecule has 6 nitrogen and oxygen atoms in total. The average Bonchev–Trinajstić information content (AvgIpc) is 2.62. The zero-order valence-corrected chi connectivity index (χ0v) is 14.5. The number of pyridine rings is 1. The molecule has 2 aromatic rings. The quantitative estimate of drug-likeness (QED) is 0.799. The van der Waals surface area contributed by atoms with Crippen LogP contribution in [0.3, 0.4) is 0 Å². The fraction of sp³-hybridized carbons (Fsp3) is 0.368. The van der Waals surface area contributed by atoms with Gasteiger partial charge >= 0.3 is 6.03 Å². The van der Waals surface area contributed by atoms with Gasteiger partial charge in [-0.2, -0.15) is 0 Å². The average molecular weight is 341 g/mol. The van der Waals surface area contributed by atoms with Gasteiger partial charge in [-0.05, 0) is 48.9 Å². The van der Waals surface area contributed by atoms with Crippen molar-refractivity contribution in [1.29, 1.82) is 0 Å². The fourth-order valence-electron chi connectivity index (χ4n) is 3.49. The number of carbonyl (C=O) groups is 1. The van der Waals surface area contributed by atoms with Crippen molar-refractivity contribution in [2.24, 2.45) is 7.05 Å². The highest BCUT2D eigenvalue weighted by Gasteiger charge is 2.37. The Morgan fingerprint density at radius 3 is 2.84 bits per heavy atom. The highest BCUT2D eigenvalue weighted by molar-refractivity contribution is 5.90. The predicted molar refractivity (Wildman–Crippen MR) is 96.7 cm³/mol. The third-order valence-electron chi connectivity index (χ3n) is 4.92. The van der Waals surface area contributed by atoms with E-state index in [1.165, 1.54) is 4.57 Å². The van der Waals surface area contributed by atoms with E-state index in [1.54, 1.807) is 26.2 Å². The van der Waals surface area contributed by atoms with E-state index in [2.05, 4.69) is 10.6 Å². The smallest absolute Gasteiger partial charge is 0.320 e. The molecule has 0 spiro atoms. The van der Waals surface area contributed by atoms with Gasteiger partial charge in [0.15, 0.2) is 0 Å². The summed E-state index contributed by atoms with van der Waals surface area (Å²) in [6.07, 6.45) is 4.12. The standard InChI is InChI=1S/C19H23N3O3/c1-13-9-11-22(2)17(24)16(13)20-18(25)21-19(12-23)10-5-7-14-6-3-4-8-15(14)19/h3-4,6,8-9,11,23H,5,7,10,12H2,1-2H3,(H2,20,21,25)/t19-/m0/s1. The minimum atomic E-state index is -0.827. The Morgan fingerprint density at radius 1 is 1.32 bits per heavy atom. The summed E-state index contributed by atoms with van der Waals surface area (Å²) < 4.78 is 1.42. The van der Waals surface area contributed by atoms with Crippen LogP contribution in [0.15, 0.2) is 41.3 Å². The number of carbonyl (C=O) groups excluding carboxylic acids is 1. The van der Waals surface area contributed by atoms with Gasteiger partial charge in [-0.1, -0.05) is 24.3 Å². The first-order valence-electron chi connectivity index (χ1n) is 8.41. The van der Waals surface area contributed by atoms with Crippen molar-refractivity contribution in [3.05, 3.63) is 63.6 Å². The van der Waals surface area contributed by atoms with E-state index in [4.69, 9.17) is 0 Å². The number of aromatic nitrogens is 1. The van der Waals surface area contributed by atoms with Gasteiger partial charge in [-0.3, -0.25) is 4.79 Å². The Bertz CT molecular complexity index is 859. The number of urea groups is 1. The molecule has 1 heterocycles. The third-order valence-corrected chi connectivity index (χ3v) is 4.92. The van der Waals surface area contributed by atoms with Crippen LogP contribution in [0.25, 0.3) is 0 Å². The van der Waals surface area contributed by atoms with E-state index in [0.717, 1.165) is 24.0 Å². The molecule has 0 aliphatic heterocycles. The summed E-state index contributed by atoms with van der Waals surface area (Å²) in [7, 11) is 1.64. The number of nitrogens with one attached hydrogen (secondary N) is 2. The van der Waals surface area contributed by atoms with Crippen LogP contribution < -0.4 is 16.2 Å². The first kappa shape index (κ1) is 17.2. The second-order valence-electron chi connectivity index (χ2n) is 6.62. The first-order valence-corrected chi connectivity index (χ1v) is 8.41. The number of amides is 2. The predicted octanol–water partition coefficient (Wildman–Crippen LogP) is 2.04. The molecule has 132 valence electrons. The van der Waals surface area contributed by atoms with E-state index in [9.17, 15) is 14.7 Å². The number of hydrogen-bond donors (Lipinski definition) is 3. The van der Waals surface area contributed by atoms with Crippen LogP contribution in [0.4, 0.5) is 10.5 Å². The largest absolute Gasteiger partial charge is 0.394 e. The van der Waals surface area contributed by atoms with Gasteiger partial charge in [-0.25, -0.2) is 4.79 Å². The van der Waals surface area contributed by atoms with E-state index < -0.39 is 11.6 Å². The number of anilines is 1. The monoisotopic (exact) mass is 341 g/mol. The third kappa shape index (κ3) is 3.17. The zero-order valence-electron chi connectivity index (χ0n) is 14.5. The highest BCUT2D eigenvalue weighted by Crippen LogP contribution is 2.35. The second kappa shape index (κ2) is 6.72. The van der Waals surface area contributed by atoms with E-state index in [-0.39, 0.29) is 17.9 Å². The van der Waals surface area contributed by atoms with E-state index >= 15 is 0 Å². The molecular weight excluding hydrogens is 318 g/mol. The Balaban J connectivity index is 1.88. The summed E-state index contributed by atoms with van der Waals surface area (Å²) in [6.45, 7) is 1.58. The van der Waals surface area contributed by atoms with Crippen LogP contribution in [0.5, 0.6) is 0 Å². The van der Waals surface area contributed by atoms with Crippen LogP contribution in [-0.4, -0.2) is 22.3 Å². The molecule has 1 aromatic heterocycles. The molecule has 0 radical (unpaired) electrons. The van der Waals surface area contributed by atoms with Crippen LogP contribution >= 0.6 is 0 Å². The number of rotatable bonds is 3. The van der Waals surface area contributed by atoms with Gasteiger partial charge in [0.1, 0.15) is 5.69 Å². The molecule has 0 fully saturated rings. The lowest BCUT2D eigenvalue weighted by molar-refractivity contribution is 0.147. The minimum Gasteiger partial charge on any atom is -0.394 e. The van der Waals surface area contributed by atoms with Crippen molar-refractivity contribution < 1.29 is 9.90 Å². The lowest BCUT2D eigenvalue weighted by Crippen LogP contribution is -2.52. The molecule has 0 saturated carbocycles. The number of benzene rings is 1. The maximum absolute atomic E-state index is 12.6. The van der Waals surface area contributed by atoms with Gasteiger partial charge in [0, 0.05) is 13.2 Å². The Kier molecular flexibility index (Phi) is 4.63. The van der Waals surface area contributed by atoms with Crippen molar-refractivity contribution in [1.82, 2.24) is 9.88 Å². The SMILES string of the molecule is Cc1ccn(C)c(=O)c1NC(=O)N[C@]1(CO)CCCc2ccccc21. The fourth-order valence-corrected chi connectivity index (χ4v) is 3.49. The van der Waals surface area contributed by atoms with Gasteiger partial charge in [0.2, 0.25) is 0 Å². The molecule has 1 aromatic carbocycles. The Labute approximate surface area is 146 Å². The van der Waals surface area contributed by atoms with Crippen LogP contribution in [0.1, 0.15) is 29.5 Å². The van der Waals surface area contributed by atoms with Gasteiger partial charge in [-0.15, -0.1) is 0 Å².